The first-order valence-electron chi connectivity index (χ1n) is 7.62. The number of nitrogens with zero attached hydrogens (tertiary/aromatic N) is 1. The summed E-state index contributed by atoms with van der Waals surface area (Å²) in [6, 6.07) is 1.36. The summed E-state index contributed by atoms with van der Waals surface area (Å²) in [4.78, 5) is 2.73. The Morgan fingerprint density at radius 1 is 1.29 bits per heavy atom. The van der Waals surface area contributed by atoms with Crippen molar-refractivity contribution in [1.29, 1.82) is 0 Å². The summed E-state index contributed by atoms with van der Waals surface area (Å²) in [5.41, 5.74) is 0.694. The predicted octanol–water partition coefficient (Wildman–Crippen LogP) is 3.03. The molecule has 1 heterocycles. The Hall–Kier alpha value is -0.0800. The highest BCUT2D eigenvalue weighted by molar-refractivity contribution is 4.91. The average molecular weight is 238 g/mol. The van der Waals surface area contributed by atoms with Crippen LogP contribution in [0, 0.1) is 5.41 Å². The molecule has 0 aromatic rings. The normalized spacial score (nSPS) is 29.3. The van der Waals surface area contributed by atoms with E-state index >= 15 is 0 Å². The first kappa shape index (κ1) is 13.4. The van der Waals surface area contributed by atoms with E-state index in [0.29, 0.717) is 11.5 Å². The molecule has 0 aromatic heterocycles. The lowest BCUT2D eigenvalue weighted by Gasteiger charge is -2.46. The molecule has 0 amide bonds. The monoisotopic (exact) mass is 238 g/mol. The molecule has 1 unspecified atom stereocenters. The van der Waals surface area contributed by atoms with Crippen LogP contribution in [0.1, 0.15) is 59.3 Å². The van der Waals surface area contributed by atoms with Gasteiger partial charge < -0.3 is 10.2 Å². The molecule has 0 aromatic carbocycles. The molecule has 17 heavy (non-hydrogen) atoms. The first-order valence-corrected chi connectivity index (χ1v) is 7.62. The zero-order valence-corrected chi connectivity index (χ0v) is 12.0. The molecule has 1 saturated carbocycles. The van der Waals surface area contributed by atoms with E-state index in [9.17, 15) is 0 Å². The van der Waals surface area contributed by atoms with Crippen molar-refractivity contribution < 1.29 is 0 Å². The quantitative estimate of drug-likeness (QED) is 0.792. The van der Waals surface area contributed by atoms with Gasteiger partial charge in [-0.3, -0.25) is 0 Å². The van der Waals surface area contributed by atoms with Gasteiger partial charge in [-0.05, 0) is 44.1 Å². The summed E-state index contributed by atoms with van der Waals surface area (Å²) in [5.74, 6) is 0. The summed E-state index contributed by atoms with van der Waals surface area (Å²) in [7, 11) is 0. The third-order valence-electron chi connectivity index (χ3n) is 4.80. The maximum absolute atomic E-state index is 3.71. The van der Waals surface area contributed by atoms with Crippen molar-refractivity contribution in [2.45, 2.75) is 71.4 Å². The van der Waals surface area contributed by atoms with Crippen LogP contribution < -0.4 is 5.32 Å². The molecule has 1 aliphatic carbocycles. The minimum atomic E-state index is 0.629. The molecule has 1 N–H and O–H groups in total. The van der Waals surface area contributed by atoms with E-state index in [1.54, 1.807) is 0 Å². The van der Waals surface area contributed by atoms with Gasteiger partial charge in [0.2, 0.25) is 0 Å². The molecule has 2 rings (SSSR count). The van der Waals surface area contributed by atoms with Gasteiger partial charge in [0.25, 0.3) is 0 Å². The molecule has 2 heteroatoms. The van der Waals surface area contributed by atoms with Crippen LogP contribution in [0.25, 0.3) is 0 Å². The van der Waals surface area contributed by atoms with Crippen molar-refractivity contribution in [3.63, 3.8) is 0 Å². The highest BCUT2D eigenvalue weighted by Crippen LogP contribution is 2.44. The number of nitrogens with one attached hydrogen (secondary N) is 1. The van der Waals surface area contributed by atoms with E-state index in [4.69, 9.17) is 0 Å². The molecule has 0 spiro atoms. The van der Waals surface area contributed by atoms with Crippen molar-refractivity contribution in [3.8, 4) is 0 Å². The summed E-state index contributed by atoms with van der Waals surface area (Å²) < 4.78 is 0. The molecule has 2 fully saturated rings. The van der Waals surface area contributed by atoms with Crippen LogP contribution in [0.2, 0.25) is 0 Å². The summed E-state index contributed by atoms with van der Waals surface area (Å²) in [6.45, 7) is 10.9. The third-order valence-corrected chi connectivity index (χ3v) is 4.80. The fraction of sp³-hybridized carbons (Fsp3) is 1.00. The standard InChI is InChI=1S/C15H30N2/c1-4-15(8-6-9-15)12-17-10-5-7-14(11-17)16-13(2)3/h13-14,16H,4-12H2,1-3H3. The Labute approximate surface area is 107 Å². The van der Waals surface area contributed by atoms with Gasteiger partial charge in [0.1, 0.15) is 0 Å². The van der Waals surface area contributed by atoms with Gasteiger partial charge in [0, 0.05) is 25.2 Å². The maximum Gasteiger partial charge on any atom is 0.0197 e. The third kappa shape index (κ3) is 3.45. The molecule has 0 radical (unpaired) electrons. The predicted molar refractivity (Wildman–Crippen MR) is 74.3 cm³/mol. The summed E-state index contributed by atoms with van der Waals surface area (Å²) in [6.07, 6.45) is 8.55. The number of hydrogen-bond acceptors (Lipinski definition) is 2. The van der Waals surface area contributed by atoms with E-state index in [1.165, 1.54) is 58.2 Å². The van der Waals surface area contributed by atoms with E-state index in [0.717, 1.165) is 6.04 Å². The lowest BCUT2D eigenvalue weighted by molar-refractivity contribution is 0.0455. The number of piperidine rings is 1. The maximum atomic E-state index is 3.71. The molecule has 1 saturated heterocycles. The van der Waals surface area contributed by atoms with Crippen molar-refractivity contribution >= 4 is 0 Å². The number of rotatable bonds is 5. The highest BCUT2D eigenvalue weighted by Gasteiger charge is 2.37. The van der Waals surface area contributed by atoms with Gasteiger partial charge in [-0.2, -0.15) is 0 Å². The Morgan fingerprint density at radius 2 is 2.06 bits per heavy atom. The van der Waals surface area contributed by atoms with Crippen LogP contribution in [0.4, 0.5) is 0 Å². The van der Waals surface area contributed by atoms with Crippen LogP contribution in [0.5, 0.6) is 0 Å². The number of hydrogen-bond donors (Lipinski definition) is 1. The molecule has 2 nitrogen and oxygen atoms in total. The van der Waals surface area contributed by atoms with Crippen LogP contribution in [0.3, 0.4) is 0 Å². The van der Waals surface area contributed by atoms with Crippen molar-refractivity contribution in [1.82, 2.24) is 10.2 Å². The van der Waals surface area contributed by atoms with Crippen LogP contribution in [-0.4, -0.2) is 36.6 Å². The molecule has 2 aliphatic rings. The summed E-state index contributed by atoms with van der Waals surface area (Å²) >= 11 is 0. The fourth-order valence-corrected chi connectivity index (χ4v) is 3.58. The Morgan fingerprint density at radius 3 is 2.59 bits per heavy atom. The smallest absolute Gasteiger partial charge is 0.0197 e. The Kier molecular flexibility index (Phi) is 4.48. The van der Waals surface area contributed by atoms with Gasteiger partial charge in [-0.25, -0.2) is 0 Å². The van der Waals surface area contributed by atoms with Gasteiger partial charge in [-0.15, -0.1) is 0 Å². The molecule has 0 bridgehead atoms. The largest absolute Gasteiger partial charge is 0.311 e. The van der Waals surface area contributed by atoms with E-state index in [2.05, 4.69) is 31.0 Å². The molecular formula is C15H30N2. The second-order valence-electron chi connectivity index (χ2n) is 6.60. The molecule has 1 atom stereocenters. The lowest BCUT2D eigenvalue weighted by Crippen LogP contribution is -2.51. The lowest BCUT2D eigenvalue weighted by atomic mass is 9.66. The SMILES string of the molecule is CCC1(CN2CCCC(NC(C)C)C2)CCC1. The van der Waals surface area contributed by atoms with E-state index in [1.807, 2.05) is 0 Å². The van der Waals surface area contributed by atoms with Gasteiger partial charge in [0.15, 0.2) is 0 Å². The molecule has 1 aliphatic heterocycles. The zero-order chi connectivity index (χ0) is 12.3. The van der Waals surface area contributed by atoms with E-state index in [-0.39, 0.29) is 0 Å². The van der Waals surface area contributed by atoms with Gasteiger partial charge >= 0.3 is 0 Å². The Bertz CT molecular complexity index is 228. The molecular weight excluding hydrogens is 208 g/mol. The van der Waals surface area contributed by atoms with Crippen LogP contribution in [-0.2, 0) is 0 Å². The van der Waals surface area contributed by atoms with Crippen molar-refractivity contribution in [2.24, 2.45) is 5.41 Å². The fourth-order valence-electron chi connectivity index (χ4n) is 3.58. The summed E-state index contributed by atoms with van der Waals surface area (Å²) in [5, 5.41) is 3.71. The second kappa shape index (κ2) is 5.71. The highest BCUT2D eigenvalue weighted by atomic mass is 15.2. The number of likely N-dealkylation sites (tertiary alicyclic amines) is 1. The van der Waals surface area contributed by atoms with Crippen molar-refractivity contribution in [2.75, 3.05) is 19.6 Å². The minimum absolute atomic E-state index is 0.629. The average Bonchev–Trinajstić information content (AvgIpc) is 2.23. The second-order valence-corrected chi connectivity index (χ2v) is 6.60. The van der Waals surface area contributed by atoms with Crippen LogP contribution >= 0.6 is 0 Å². The van der Waals surface area contributed by atoms with Crippen LogP contribution in [0.15, 0.2) is 0 Å². The first-order chi connectivity index (χ1) is 8.13. The van der Waals surface area contributed by atoms with Crippen molar-refractivity contribution in [3.05, 3.63) is 0 Å². The zero-order valence-electron chi connectivity index (χ0n) is 12.0. The minimum Gasteiger partial charge on any atom is -0.311 e. The van der Waals surface area contributed by atoms with Gasteiger partial charge in [0.05, 0.1) is 0 Å². The molecule has 100 valence electrons. The van der Waals surface area contributed by atoms with E-state index < -0.39 is 0 Å². The topological polar surface area (TPSA) is 15.3 Å². The Balaban J connectivity index is 1.80. The van der Waals surface area contributed by atoms with Gasteiger partial charge in [-0.1, -0.05) is 27.2 Å².